The normalized spacial score (nSPS) is 29.6. The molecular weight excluding hydrogens is 128 g/mol. The average Bonchev–Trinajstić information content (AvgIpc) is 2.59. The molecule has 0 fully saturated rings. The Bertz CT molecular complexity index is 176. The molecule has 2 rings (SSSR count). The lowest BCUT2D eigenvalue weighted by Gasteiger charge is -2.07. The van der Waals surface area contributed by atoms with Gasteiger partial charge in [0, 0.05) is 6.54 Å². The molecule has 0 saturated carbocycles. The monoisotopic (exact) mass is 139 g/mol. The van der Waals surface area contributed by atoms with Crippen LogP contribution in [0.1, 0.15) is 6.42 Å². The Hall–Kier alpha value is -1.03. The minimum atomic E-state index is 0.426. The van der Waals surface area contributed by atoms with Gasteiger partial charge in [0.05, 0.1) is 12.1 Å². The molecular formula is C6H11N4+. The third-order valence-corrected chi connectivity index (χ3v) is 1.75. The predicted octanol–water partition coefficient (Wildman–Crippen LogP) is -2.59. The average molecular weight is 139 g/mol. The first-order valence-corrected chi connectivity index (χ1v) is 3.48. The highest BCUT2D eigenvalue weighted by molar-refractivity contribution is 5.53. The van der Waals surface area contributed by atoms with Crippen LogP contribution < -0.4 is 21.4 Å². The van der Waals surface area contributed by atoms with Gasteiger partial charge in [-0.1, -0.05) is 0 Å². The topological polar surface area (TPSA) is 50.1 Å². The van der Waals surface area contributed by atoms with E-state index in [1.54, 1.807) is 0 Å². The SMILES string of the molecule is C1=[NH+]NC(C2=CCNN2)C1. The molecule has 0 spiro atoms. The van der Waals surface area contributed by atoms with E-state index in [-0.39, 0.29) is 0 Å². The van der Waals surface area contributed by atoms with E-state index in [1.165, 1.54) is 5.70 Å². The molecule has 1 unspecified atom stereocenters. The highest BCUT2D eigenvalue weighted by atomic mass is 15.4. The van der Waals surface area contributed by atoms with Gasteiger partial charge in [0.2, 0.25) is 0 Å². The third kappa shape index (κ3) is 0.863. The molecule has 0 amide bonds. The van der Waals surface area contributed by atoms with Crippen LogP contribution in [0.2, 0.25) is 0 Å². The summed E-state index contributed by atoms with van der Waals surface area (Å²) in [6.07, 6.45) is 5.21. The largest absolute Gasteiger partial charge is 0.323 e. The van der Waals surface area contributed by atoms with E-state index in [4.69, 9.17) is 0 Å². The second kappa shape index (κ2) is 2.30. The molecule has 0 aromatic rings. The van der Waals surface area contributed by atoms with Crippen molar-refractivity contribution in [2.24, 2.45) is 0 Å². The van der Waals surface area contributed by atoms with Gasteiger partial charge in [-0.25, -0.2) is 5.43 Å². The van der Waals surface area contributed by atoms with Crippen molar-refractivity contribution < 1.29 is 5.10 Å². The van der Waals surface area contributed by atoms with Crippen molar-refractivity contribution in [2.45, 2.75) is 12.5 Å². The molecule has 1 atom stereocenters. The number of hydrazine groups is 2. The summed E-state index contributed by atoms with van der Waals surface area (Å²) >= 11 is 0. The summed E-state index contributed by atoms with van der Waals surface area (Å²) in [6, 6.07) is 0.426. The van der Waals surface area contributed by atoms with Gasteiger partial charge in [-0.15, -0.1) is 5.10 Å². The Kier molecular flexibility index (Phi) is 1.32. The van der Waals surface area contributed by atoms with Crippen LogP contribution in [-0.2, 0) is 0 Å². The first-order chi connectivity index (χ1) is 4.97. The zero-order valence-electron chi connectivity index (χ0n) is 5.65. The highest BCUT2D eigenvalue weighted by Crippen LogP contribution is 2.02. The summed E-state index contributed by atoms with van der Waals surface area (Å²) in [7, 11) is 0. The second-order valence-electron chi connectivity index (χ2n) is 2.45. The van der Waals surface area contributed by atoms with Gasteiger partial charge >= 0.3 is 0 Å². The van der Waals surface area contributed by atoms with Crippen LogP contribution in [0.3, 0.4) is 0 Å². The molecule has 2 aliphatic rings. The molecule has 2 aliphatic heterocycles. The first kappa shape index (κ1) is 5.73. The van der Waals surface area contributed by atoms with Crippen molar-refractivity contribution in [2.75, 3.05) is 6.54 Å². The molecule has 0 bridgehead atoms. The molecule has 0 saturated heterocycles. The van der Waals surface area contributed by atoms with E-state index in [9.17, 15) is 0 Å². The molecule has 0 radical (unpaired) electrons. The van der Waals surface area contributed by atoms with Crippen LogP contribution in [0, 0.1) is 0 Å². The zero-order chi connectivity index (χ0) is 6.81. The summed E-state index contributed by atoms with van der Waals surface area (Å²) < 4.78 is 0. The number of nitrogens with one attached hydrogen (secondary N) is 4. The lowest BCUT2D eigenvalue weighted by molar-refractivity contribution is -0.516. The lowest BCUT2D eigenvalue weighted by Crippen LogP contribution is -2.78. The van der Waals surface area contributed by atoms with E-state index >= 15 is 0 Å². The Morgan fingerprint density at radius 1 is 1.60 bits per heavy atom. The minimum absolute atomic E-state index is 0.426. The highest BCUT2D eigenvalue weighted by Gasteiger charge is 2.21. The molecule has 4 nitrogen and oxygen atoms in total. The van der Waals surface area contributed by atoms with Crippen LogP contribution in [-0.4, -0.2) is 18.8 Å². The fourth-order valence-electron chi connectivity index (χ4n) is 1.19. The number of hydrogen-bond acceptors (Lipinski definition) is 3. The van der Waals surface area contributed by atoms with Crippen LogP contribution in [0.4, 0.5) is 0 Å². The number of hydrogen-bond donors (Lipinski definition) is 4. The van der Waals surface area contributed by atoms with Crippen LogP contribution in [0.5, 0.6) is 0 Å². The van der Waals surface area contributed by atoms with Gasteiger partial charge in [-0.05, 0) is 6.08 Å². The molecule has 0 aliphatic carbocycles. The van der Waals surface area contributed by atoms with Gasteiger partial charge in [0.15, 0.2) is 6.21 Å². The quantitative estimate of drug-likeness (QED) is 0.322. The summed E-state index contributed by atoms with van der Waals surface area (Å²) in [6.45, 7) is 0.924. The fraction of sp³-hybridized carbons (Fsp3) is 0.500. The lowest BCUT2D eigenvalue weighted by atomic mass is 10.2. The van der Waals surface area contributed by atoms with Gasteiger partial charge < -0.3 is 5.43 Å². The Morgan fingerprint density at radius 2 is 2.60 bits per heavy atom. The summed E-state index contributed by atoms with van der Waals surface area (Å²) in [4.78, 5) is 0. The summed E-state index contributed by atoms with van der Waals surface area (Å²) in [5, 5.41) is 2.97. The molecule has 2 heterocycles. The van der Waals surface area contributed by atoms with Crippen LogP contribution in [0.15, 0.2) is 11.8 Å². The summed E-state index contributed by atoms with van der Waals surface area (Å²) in [5.74, 6) is 0. The maximum atomic E-state index is 3.12. The van der Waals surface area contributed by atoms with E-state index in [2.05, 4.69) is 27.5 Å². The zero-order valence-corrected chi connectivity index (χ0v) is 5.65. The predicted molar refractivity (Wildman–Crippen MR) is 37.8 cm³/mol. The minimum Gasteiger partial charge on any atom is -0.323 e. The van der Waals surface area contributed by atoms with E-state index in [0.29, 0.717) is 6.04 Å². The van der Waals surface area contributed by atoms with E-state index in [1.807, 2.05) is 6.21 Å². The fourth-order valence-corrected chi connectivity index (χ4v) is 1.19. The van der Waals surface area contributed by atoms with Crippen LogP contribution >= 0.6 is 0 Å². The number of rotatable bonds is 1. The molecule has 4 heteroatoms. The Labute approximate surface area is 59.3 Å². The molecule has 0 aromatic heterocycles. The van der Waals surface area contributed by atoms with Crippen molar-refractivity contribution in [3.05, 3.63) is 11.8 Å². The first-order valence-electron chi connectivity index (χ1n) is 3.48. The summed E-state index contributed by atoms with van der Waals surface area (Å²) in [5.41, 5.74) is 10.5. The number of hydrazone groups is 1. The van der Waals surface area contributed by atoms with Crippen molar-refractivity contribution >= 4 is 6.21 Å². The van der Waals surface area contributed by atoms with E-state index < -0.39 is 0 Å². The van der Waals surface area contributed by atoms with Gasteiger partial charge in [0.25, 0.3) is 0 Å². The van der Waals surface area contributed by atoms with Gasteiger partial charge in [-0.3, -0.25) is 0 Å². The molecule has 54 valence electrons. The van der Waals surface area contributed by atoms with Crippen molar-refractivity contribution in [1.29, 1.82) is 0 Å². The Morgan fingerprint density at radius 3 is 3.20 bits per heavy atom. The van der Waals surface area contributed by atoms with Crippen molar-refractivity contribution in [3.8, 4) is 0 Å². The van der Waals surface area contributed by atoms with Crippen molar-refractivity contribution in [1.82, 2.24) is 16.3 Å². The smallest absolute Gasteiger partial charge is 0.170 e. The van der Waals surface area contributed by atoms with Crippen molar-refractivity contribution in [3.63, 3.8) is 0 Å². The van der Waals surface area contributed by atoms with E-state index in [0.717, 1.165) is 13.0 Å². The van der Waals surface area contributed by atoms with Gasteiger partial charge in [-0.2, -0.15) is 5.43 Å². The maximum absolute atomic E-state index is 3.12. The maximum Gasteiger partial charge on any atom is 0.170 e. The third-order valence-electron chi connectivity index (χ3n) is 1.75. The van der Waals surface area contributed by atoms with Gasteiger partial charge in [0.1, 0.15) is 6.04 Å². The molecule has 0 aromatic carbocycles. The molecule has 10 heavy (non-hydrogen) atoms. The standard InChI is InChI=1S/C6H10N4/c1-3-7-9-5(1)6-2-4-8-10-6/h1,4,6-7,9-10H,2-3H2/p+1. The second-order valence-corrected chi connectivity index (χ2v) is 2.45. The molecule has 4 N–H and O–H groups in total. The van der Waals surface area contributed by atoms with Crippen LogP contribution in [0.25, 0.3) is 0 Å². The Balaban J connectivity index is 1.99.